The summed E-state index contributed by atoms with van der Waals surface area (Å²) in [5, 5.41) is 3.64. The molecule has 21 heavy (non-hydrogen) atoms. The van der Waals surface area contributed by atoms with E-state index in [0.29, 0.717) is 0 Å². The molecular weight excluding hydrogens is 322 g/mol. The zero-order chi connectivity index (χ0) is 15.6. The number of aryl methyl sites for hydroxylation is 4. The number of benzene rings is 2. The van der Waals surface area contributed by atoms with Gasteiger partial charge in [0, 0.05) is 4.47 Å². The van der Waals surface area contributed by atoms with Crippen molar-refractivity contribution in [3.05, 3.63) is 68.2 Å². The van der Waals surface area contributed by atoms with E-state index in [0.717, 1.165) is 6.54 Å². The zero-order valence-electron chi connectivity index (χ0n) is 13.5. The largest absolute Gasteiger partial charge is 0.307 e. The molecule has 0 saturated heterocycles. The van der Waals surface area contributed by atoms with Crippen molar-refractivity contribution in [2.24, 2.45) is 0 Å². The van der Waals surface area contributed by atoms with Crippen LogP contribution < -0.4 is 5.32 Å². The molecule has 1 atom stereocenters. The van der Waals surface area contributed by atoms with Gasteiger partial charge < -0.3 is 5.32 Å². The van der Waals surface area contributed by atoms with E-state index >= 15 is 0 Å². The number of rotatable bonds is 4. The highest BCUT2D eigenvalue weighted by molar-refractivity contribution is 9.10. The molecule has 2 aromatic carbocycles. The van der Waals surface area contributed by atoms with Crippen LogP contribution in [-0.4, -0.2) is 6.54 Å². The second-order valence-electron chi connectivity index (χ2n) is 5.81. The van der Waals surface area contributed by atoms with E-state index in [-0.39, 0.29) is 6.04 Å². The summed E-state index contributed by atoms with van der Waals surface area (Å²) < 4.78 is 1.17. The van der Waals surface area contributed by atoms with Crippen molar-refractivity contribution in [2.45, 2.75) is 40.7 Å². The molecule has 2 aromatic rings. The normalized spacial score (nSPS) is 12.5. The Morgan fingerprint density at radius 3 is 2.10 bits per heavy atom. The lowest BCUT2D eigenvalue weighted by molar-refractivity contribution is 0.624. The maximum absolute atomic E-state index is 3.66. The molecule has 0 aliphatic heterocycles. The molecule has 1 N–H and O–H groups in total. The Morgan fingerprint density at radius 1 is 0.952 bits per heavy atom. The molecule has 0 aliphatic carbocycles. The van der Waals surface area contributed by atoms with Crippen molar-refractivity contribution in [3.63, 3.8) is 0 Å². The number of hydrogen-bond donors (Lipinski definition) is 1. The van der Waals surface area contributed by atoms with E-state index in [1.807, 2.05) is 0 Å². The molecule has 0 saturated carbocycles. The Kier molecular flexibility index (Phi) is 5.23. The molecular formula is C19H24BrN. The smallest absolute Gasteiger partial charge is 0.0582 e. The lowest BCUT2D eigenvalue weighted by atomic mass is 9.89. The van der Waals surface area contributed by atoms with Crippen LogP contribution in [0.3, 0.4) is 0 Å². The molecule has 0 heterocycles. The van der Waals surface area contributed by atoms with Gasteiger partial charge in [-0.3, -0.25) is 0 Å². The van der Waals surface area contributed by atoms with E-state index in [1.165, 1.54) is 37.9 Å². The fourth-order valence-corrected chi connectivity index (χ4v) is 3.42. The summed E-state index contributed by atoms with van der Waals surface area (Å²) in [5.41, 5.74) is 8.02. The average molecular weight is 346 g/mol. The molecule has 1 nitrogen and oxygen atoms in total. The van der Waals surface area contributed by atoms with E-state index in [4.69, 9.17) is 0 Å². The minimum atomic E-state index is 0.243. The van der Waals surface area contributed by atoms with Crippen molar-refractivity contribution in [2.75, 3.05) is 6.54 Å². The summed E-state index contributed by atoms with van der Waals surface area (Å²) >= 11 is 3.66. The maximum atomic E-state index is 3.66. The van der Waals surface area contributed by atoms with Crippen molar-refractivity contribution >= 4 is 15.9 Å². The Labute approximate surface area is 136 Å². The highest BCUT2D eigenvalue weighted by Gasteiger charge is 2.18. The van der Waals surface area contributed by atoms with Crippen molar-refractivity contribution in [1.29, 1.82) is 0 Å². The zero-order valence-corrected chi connectivity index (χ0v) is 15.1. The highest BCUT2D eigenvalue weighted by Crippen LogP contribution is 2.31. The van der Waals surface area contributed by atoms with Gasteiger partial charge in [0.05, 0.1) is 6.04 Å². The monoisotopic (exact) mass is 345 g/mol. The third-order valence-corrected chi connectivity index (χ3v) is 4.82. The van der Waals surface area contributed by atoms with Gasteiger partial charge in [-0.1, -0.05) is 52.7 Å². The average Bonchev–Trinajstić information content (AvgIpc) is 2.40. The first kappa shape index (κ1) is 16.3. The lowest BCUT2D eigenvalue weighted by Gasteiger charge is -2.24. The van der Waals surface area contributed by atoms with Crippen LogP contribution in [0.15, 0.2) is 34.8 Å². The third kappa shape index (κ3) is 3.56. The number of hydrogen-bond acceptors (Lipinski definition) is 1. The third-order valence-electron chi connectivity index (χ3n) is 3.96. The highest BCUT2D eigenvalue weighted by atomic mass is 79.9. The Balaban J connectivity index is 2.55. The van der Waals surface area contributed by atoms with E-state index in [2.05, 4.69) is 86.2 Å². The predicted octanol–water partition coefficient (Wildman–Crippen LogP) is 5.38. The molecule has 2 rings (SSSR count). The van der Waals surface area contributed by atoms with Crippen LogP contribution in [0.1, 0.15) is 46.3 Å². The van der Waals surface area contributed by atoms with Crippen LogP contribution in [0, 0.1) is 27.7 Å². The summed E-state index contributed by atoms with van der Waals surface area (Å²) in [5.74, 6) is 0. The van der Waals surface area contributed by atoms with Crippen LogP contribution in [-0.2, 0) is 0 Å². The van der Waals surface area contributed by atoms with Gasteiger partial charge in [-0.05, 0) is 68.1 Å². The molecule has 1 unspecified atom stereocenters. The van der Waals surface area contributed by atoms with E-state index in [9.17, 15) is 0 Å². The topological polar surface area (TPSA) is 12.0 Å². The minimum absolute atomic E-state index is 0.243. The molecule has 2 heteroatoms. The summed E-state index contributed by atoms with van der Waals surface area (Å²) in [6.45, 7) is 11.8. The summed E-state index contributed by atoms with van der Waals surface area (Å²) in [6.07, 6.45) is 0. The second-order valence-corrected chi connectivity index (χ2v) is 6.67. The summed E-state index contributed by atoms with van der Waals surface area (Å²) in [4.78, 5) is 0. The summed E-state index contributed by atoms with van der Waals surface area (Å²) in [6, 6.07) is 11.4. The molecule has 112 valence electrons. The van der Waals surface area contributed by atoms with Gasteiger partial charge in [-0.2, -0.15) is 0 Å². The first-order chi connectivity index (χ1) is 9.93. The first-order valence-corrected chi connectivity index (χ1v) is 8.30. The van der Waals surface area contributed by atoms with Crippen molar-refractivity contribution in [3.8, 4) is 0 Å². The van der Waals surface area contributed by atoms with Gasteiger partial charge in [0.15, 0.2) is 0 Å². The molecule has 0 aromatic heterocycles. The molecule has 0 radical (unpaired) electrons. The molecule has 0 bridgehead atoms. The fraction of sp³-hybridized carbons (Fsp3) is 0.368. The van der Waals surface area contributed by atoms with Crippen molar-refractivity contribution in [1.82, 2.24) is 5.32 Å². The Morgan fingerprint density at radius 2 is 1.57 bits per heavy atom. The number of nitrogens with one attached hydrogen (secondary N) is 1. The summed E-state index contributed by atoms with van der Waals surface area (Å²) in [7, 11) is 0. The van der Waals surface area contributed by atoms with E-state index in [1.54, 1.807) is 0 Å². The first-order valence-electron chi connectivity index (χ1n) is 7.51. The Bertz CT molecular complexity index is 623. The maximum Gasteiger partial charge on any atom is 0.0582 e. The van der Waals surface area contributed by atoms with Crippen LogP contribution >= 0.6 is 15.9 Å². The standard InChI is InChI=1S/C19H24BrN/c1-6-21-19(16-8-7-13(3)17(20)11-16)18-14(4)9-12(2)10-15(18)5/h7-11,19,21H,6H2,1-5H3. The van der Waals surface area contributed by atoms with Gasteiger partial charge in [0.1, 0.15) is 0 Å². The number of halogens is 1. The fourth-order valence-electron chi connectivity index (χ4n) is 3.03. The van der Waals surface area contributed by atoms with Crippen LogP contribution in [0.25, 0.3) is 0 Å². The van der Waals surface area contributed by atoms with Gasteiger partial charge in [-0.15, -0.1) is 0 Å². The van der Waals surface area contributed by atoms with Gasteiger partial charge in [0.25, 0.3) is 0 Å². The van der Waals surface area contributed by atoms with Crippen LogP contribution in [0.2, 0.25) is 0 Å². The van der Waals surface area contributed by atoms with Crippen LogP contribution in [0.4, 0.5) is 0 Å². The quantitative estimate of drug-likeness (QED) is 0.783. The van der Waals surface area contributed by atoms with E-state index < -0.39 is 0 Å². The molecule has 0 amide bonds. The molecule has 0 spiro atoms. The second kappa shape index (κ2) is 6.76. The SMILES string of the molecule is CCNC(c1ccc(C)c(Br)c1)c1c(C)cc(C)cc1C. The molecule has 0 aliphatic rings. The molecule has 0 fully saturated rings. The predicted molar refractivity (Wildman–Crippen MR) is 95.1 cm³/mol. The van der Waals surface area contributed by atoms with Gasteiger partial charge >= 0.3 is 0 Å². The Hall–Kier alpha value is -1.12. The van der Waals surface area contributed by atoms with Gasteiger partial charge in [0.2, 0.25) is 0 Å². The minimum Gasteiger partial charge on any atom is -0.307 e. The lowest BCUT2D eigenvalue weighted by Crippen LogP contribution is -2.23. The van der Waals surface area contributed by atoms with Crippen LogP contribution in [0.5, 0.6) is 0 Å². The van der Waals surface area contributed by atoms with Gasteiger partial charge in [-0.25, -0.2) is 0 Å². The van der Waals surface area contributed by atoms with Crippen molar-refractivity contribution < 1.29 is 0 Å².